The van der Waals surface area contributed by atoms with Crippen molar-refractivity contribution in [3.63, 3.8) is 0 Å². The minimum atomic E-state index is 0.0166. The van der Waals surface area contributed by atoms with Gasteiger partial charge < -0.3 is 11.1 Å². The number of benzene rings is 2. The zero-order chi connectivity index (χ0) is 12.3. The average Bonchev–Trinajstić information content (AvgIpc) is 2.33. The molecule has 0 bridgehead atoms. The van der Waals surface area contributed by atoms with E-state index in [1.807, 2.05) is 36.4 Å². The van der Waals surface area contributed by atoms with Gasteiger partial charge in [-0.1, -0.05) is 18.2 Å². The highest BCUT2D eigenvalue weighted by Crippen LogP contribution is 2.24. The molecule has 3 nitrogen and oxygen atoms in total. The molecule has 2 rings (SSSR count). The van der Waals surface area contributed by atoms with Crippen LogP contribution in [0, 0.1) is 0 Å². The molecule has 17 heavy (non-hydrogen) atoms. The Morgan fingerprint density at radius 1 is 1.12 bits per heavy atom. The monoisotopic (exact) mass is 226 g/mol. The molecule has 2 aromatic rings. The predicted octanol–water partition coefficient (Wildman–Crippen LogP) is 3.22. The second kappa shape index (κ2) is 4.70. The van der Waals surface area contributed by atoms with Gasteiger partial charge in [0.25, 0.3) is 0 Å². The van der Waals surface area contributed by atoms with E-state index >= 15 is 0 Å². The average molecular weight is 226 g/mol. The number of nitrogen functional groups attached to an aromatic ring is 1. The number of ketones is 1. The molecular formula is C14H14N2O. The molecule has 86 valence electrons. The third kappa shape index (κ3) is 2.64. The highest BCUT2D eigenvalue weighted by molar-refractivity contribution is 5.96. The first kappa shape index (κ1) is 11.2. The van der Waals surface area contributed by atoms with Crippen molar-refractivity contribution in [2.45, 2.75) is 6.92 Å². The Kier molecular flexibility index (Phi) is 3.10. The molecule has 0 aliphatic rings. The molecule has 3 N–H and O–H groups in total. The quantitative estimate of drug-likeness (QED) is 0.624. The number of nitrogens with one attached hydrogen (secondary N) is 1. The second-order valence-corrected chi connectivity index (χ2v) is 3.85. The van der Waals surface area contributed by atoms with Crippen molar-refractivity contribution in [2.75, 3.05) is 11.1 Å². The van der Waals surface area contributed by atoms with Crippen LogP contribution >= 0.6 is 0 Å². The number of para-hydroxylation sites is 1. The lowest BCUT2D eigenvalue weighted by atomic mass is 10.1. The number of carbonyl (C=O) groups is 1. The highest BCUT2D eigenvalue weighted by atomic mass is 16.1. The highest BCUT2D eigenvalue weighted by Gasteiger charge is 2.04. The van der Waals surface area contributed by atoms with Crippen LogP contribution in [0.4, 0.5) is 17.1 Å². The molecule has 0 atom stereocenters. The van der Waals surface area contributed by atoms with E-state index in [0.717, 1.165) is 11.4 Å². The maximum Gasteiger partial charge on any atom is 0.159 e. The van der Waals surface area contributed by atoms with Crippen molar-refractivity contribution in [1.82, 2.24) is 0 Å². The van der Waals surface area contributed by atoms with E-state index in [0.29, 0.717) is 11.3 Å². The summed E-state index contributed by atoms with van der Waals surface area (Å²) in [6, 6.07) is 15.0. The maximum atomic E-state index is 11.2. The molecule has 0 saturated heterocycles. The van der Waals surface area contributed by atoms with Gasteiger partial charge in [-0.2, -0.15) is 0 Å². The molecule has 0 unspecified atom stereocenters. The van der Waals surface area contributed by atoms with Gasteiger partial charge >= 0.3 is 0 Å². The lowest BCUT2D eigenvalue weighted by Gasteiger charge is -2.10. The zero-order valence-electron chi connectivity index (χ0n) is 9.60. The van der Waals surface area contributed by atoms with Crippen molar-refractivity contribution in [3.05, 3.63) is 54.1 Å². The standard InChI is InChI=1S/C14H14N2O/c1-10(17)11-7-8-14(13(15)9-11)16-12-5-3-2-4-6-12/h2-9,16H,15H2,1H3. The molecule has 0 aromatic heterocycles. The zero-order valence-corrected chi connectivity index (χ0v) is 9.60. The van der Waals surface area contributed by atoms with Gasteiger partial charge in [0.1, 0.15) is 0 Å². The summed E-state index contributed by atoms with van der Waals surface area (Å²) in [5.74, 6) is 0.0166. The Bertz CT molecular complexity index is 535. The number of hydrogen-bond acceptors (Lipinski definition) is 3. The van der Waals surface area contributed by atoms with Crippen molar-refractivity contribution >= 4 is 22.8 Å². The third-order valence-corrected chi connectivity index (χ3v) is 2.51. The Hall–Kier alpha value is -2.29. The first-order chi connectivity index (χ1) is 8.16. The minimum Gasteiger partial charge on any atom is -0.397 e. The van der Waals surface area contributed by atoms with E-state index in [-0.39, 0.29) is 5.78 Å². The maximum absolute atomic E-state index is 11.2. The SMILES string of the molecule is CC(=O)c1ccc(Nc2ccccc2)c(N)c1. The predicted molar refractivity (Wildman–Crippen MR) is 70.6 cm³/mol. The van der Waals surface area contributed by atoms with Gasteiger partial charge in [-0.15, -0.1) is 0 Å². The van der Waals surface area contributed by atoms with Gasteiger partial charge in [0.15, 0.2) is 5.78 Å². The first-order valence-corrected chi connectivity index (χ1v) is 5.39. The number of carbonyl (C=O) groups excluding carboxylic acids is 1. The number of hydrogen-bond donors (Lipinski definition) is 2. The minimum absolute atomic E-state index is 0.0166. The molecule has 0 spiro atoms. The van der Waals surface area contributed by atoms with E-state index in [2.05, 4.69) is 5.32 Å². The van der Waals surface area contributed by atoms with Crippen LogP contribution < -0.4 is 11.1 Å². The van der Waals surface area contributed by atoms with E-state index in [1.54, 1.807) is 12.1 Å². The first-order valence-electron chi connectivity index (χ1n) is 5.39. The summed E-state index contributed by atoms with van der Waals surface area (Å²) in [6.45, 7) is 1.53. The molecule has 0 amide bonds. The third-order valence-electron chi connectivity index (χ3n) is 2.51. The molecule has 0 aliphatic carbocycles. The topological polar surface area (TPSA) is 55.1 Å². The molecular weight excluding hydrogens is 212 g/mol. The Morgan fingerprint density at radius 2 is 1.82 bits per heavy atom. The van der Waals surface area contributed by atoms with Crippen LogP contribution in [0.3, 0.4) is 0 Å². The molecule has 0 saturated carbocycles. The van der Waals surface area contributed by atoms with Crippen LogP contribution in [-0.2, 0) is 0 Å². The summed E-state index contributed by atoms with van der Waals surface area (Å²) in [4.78, 5) is 11.2. The molecule has 0 heterocycles. The number of nitrogens with two attached hydrogens (primary N) is 1. The van der Waals surface area contributed by atoms with E-state index < -0.39 is 0 Å². The van der Waals surface area contributed by atoms with E-state index in [4.69, 9.17) is 5.73 Å². The number of Topliss-reactive ketones (excluding diaryl/α,β-unsaturated/α-hetero) is 1. The Balaban J connectivity index is 2.26. The van der Waals surface area contributed by atoms with E-state index in [1.165, 1.54) is 6.92 Å². The summed E-state index contributed by atoms with van der Waals surface area (Å²) in [6.07, 6.45) is 0. The fraction of sp³-hybridized carbons (Fsp3) is 0.0714. The van der Waals surface area contributed by atoms with Gasteiger partial charge in [-0.05, 0) is 37.3 Å². The van der Waals surface area contributed by atoms with Crippen LogP contribution in [0.15, 0.2) is 48.5 Å². The fourth-order valence-electron chi connectivity index (χ4n) is 1.57. The van der Waals surface area contributed by atoms with Gasteiger partial charge in [0, 0.05) is 11.3 Å². The van der Waals surface area contributed by atoms with Gasteiger partial charge in [0.2, 0.25) is 0 Å². The van der Waals surface area contributed by atoms with Gasteiger partial charge in [0.05, 0.1) is 11.4 Å². The van der Waals surface area contributed by atoms with Gasteiger partial charge in [-0.25, -0.2) is 0 Å². The van der Waals surface area contributed by atoms with Crippen LogP contribution in [-0.4, -0.2) is 5.78 Å². The molecule has 0 aliphatic heterocycles. The fourth-order valence-corrected chi connectivity index (χ4v) is 1.57. The molecule has 2 aromatic carbocycles. The van der Waals surface area contributed by atoms with Crippen LogP contribution in [0.2, 0.25) is 0 Å². The molecule has 3 heteroatoms. The van der Waals surface area contributed by atoms with Crippen molar-refractivity contribution in [3.8, 4) is 0 Å². The lowest BCUT2D eigenvalue weighted by molar-refractivity contribution is 0.101. The Labute approximate surface area is 100 Å². The summed E-state index contributed by atoms with van der Waals surface area (Å²) >= 11 is 0. The van der Waals surface area contributed by atoms with Crippen molar-refractivity contribution < 1.29 is 4.79 Å². The van der Waals surface area contributed by atoms with Crippen molar-refractivity contribution in [1.29, 1.82) is 0 Å². The lowest BCUT2D eigenvalue weighted by Crippen LogP contribution is -1.99. The largest absolute Gasteiger partial charge is 0.397 e. The summed E-state index contributed by atoms with van der Waals surface area (Å²) < 4.78 is 0. The Morgan fingerprint density at radius 3 is 2.41 bits per heavy atom. The number of anilines is 3. The summed E-state index contributed by atoms with van der Waals surface area (Å²) in [7, 11) is 0. The van der Waals surface area contributed by atoms with Crippen LogP contribution in [0.1, 0.15) is 17.3 Å². The normalized spacial score (nSPS) is 9.94. The number of rotatable bonds is 3. The summed E-state index contributed by atoms with van der Waals surface area (Å²) in [5.41, 5.74) is 8.86. The van der Waals surface area contributed by atoms with Crippen molar-refractivity contribution in [2.24, 2.45) is 0 Å². The smallest absolute Gasteiger partial charge is 0.159 e. The molecule has 0 radical (unpaired) electrons. The second-order valence-electron chi connectivity index (χ2n) is 3.85. The molecule has 0 fully saturated rings. The van der Waals surface area contributed by atoms with Gasteiger partial charge in [-0.3, -0.25) is 4.79 Å². The van der Waals surface area contributed by atoms with E-state index in [9.17, 15) is 4.79 Å². The van der Waals surface area contributed by atoms with Crippen LogP contribution in [0.5, 0.6) is 0 Å². The summed E-state index contributed by atoms with van der Waals surface area (Å²) in [5, 5.41) is 3.20. The van der Waals surface area contributed by atoms with Crippen LogP contribution in [0.25, 0.3) is 0 Å².